The summed E-state index contributed by atoms with van der Waals surface area (Å²) in [5, 5.41) is 0. The molecule has 0 amide bonds. The second-order valence-electron chi connectivity index (χ2n) is 6.79. The summed E-state index contributed by atoms with van der Waals surface area (Å²) in [6.45, 7) is 10.9. The van der Waals surface area contributed by atoms with Crippen LogP contribution in [0.15, 0.2) is 24.3 Å². The first-order chi connectivity index (χ1) is 9.99. The van der Waals surface area contributed by atoms with Gasteiger partial charge in [-0.25, -0.2) is 0 Å². The number of rotatable bonds is 5. The molecule has 1 aliphatic heterocycles. The number of hydrogen-bond donors (Lipinski definition) is 0. The van der Waals surface area contributed by atoms with Gasteiger partial charge in [0.05, 0.1) is 6.04 Å². The number of carbonyl (C=O) groups is 1. The molecule has 0 spiro atoms. The molecule has 2 nitrogen and oxygen atoms in total. The van der Waals surface area contributed by atoms with Crippen LogP contribution in [0.1, 0.15) is 62.9 Å². The Morgan fingerprint density at radius 2 is 1.76 bits per heavy atom. The topological polar surface area (TPSA) is 20.3 Å². The summed E-state index contributed by atoms with van der Waals surface area (Å²) in [4.78, 5) is 15.0. The molecule has 1 aliphatic rings. The largest absolute Gasteiger partial charge is 0.293 e. The van der Waals surface area contributed by atoms with Crippen molar-refractivity contribution in [2.45, 2.75) is 59.4 Å². The van der Waals surface area contributed by atoms with Gasteiger partial charge in [-0.2, -0.15) is 0 Å². The smallest absolute Gasteiger partial charge is 0.179 e. The minimum absolute atomic E-state index is 0.00103. The summed E-state index contributed by atoms with van der Waals surface area (Å²) in [5.41, 5.74) is 2.61. The Kier molecular flexibility index (Phi) is 5.21. The molecule has 1 aromatic carbocycles. The van der Waals surface area contributed by atoms with Gasteiger partial charge in [0.25, 0.3) is 0 Å². The molecule has 0 bridgehead atoms. The van der Waals surface area contributed by atoms with E-state index in [0.29, 0.717) is 5.41 Å². The number of ketones is 1. The van der Waals surface area contributed by atoms with E-state index in [0.717, 1.165) is 25.1 Å². The molecule has 0 aromatic heterocycles. The van der Waals surface area contributed by atoms with Crippen molar-refractivity contribution in [1.82, 2.24) is 4.90 Å². The monoisotopic (exact) mass is 287 g/mol. The molecule has 116 valence electrons. The first-order valence-corrected chi connectivity index (χ1v) is 8.36. The van der Waals surface area contributed by atoms with Crippen LogP contribution >= 0.6 is 0 Å². The molecule has 2 rings (SSSR count). The predicted octanol–water partition coefficient (Wildman–Crippen LogP) is 4.33. The fraction of sp³-hybridized carbons (Fsp3) is 0.632. The quantitative estimate of drug-likeness (QED) is 0.751. The van der Waals surface area contributed by atoms with Crippen LogP contribution in [0.5, 0.6) is 0 Å². The zero-order valence-electron chi connectivity index (χ0n) is 14.0. The third-order valence-corrected chi connectivity index (χ3v) is 5.43. The van der Waals surface area contributed by atoms with Crippen LogP contribution in [-0.2, 0) is 6.42 Å². The highest BCUT2D eigenvalue weighted by Crippen LogP contribution is 2.34. The third kappa shape index (κ3) is 3.74. The summed E-state index contributed by atoms with van der Waals surface area (Å²) >= 11 is 0. The molecule has 1 aromatic rings. The van der Waals surface area contributed by atoms with Crippen LogP contribution in [0.2, 0.25) is 0 Å². The summed E-state index contributed by atoms with van der Waals surface area (Å²) in [6, 6.07) is 8.11. The number of benzene rings is 1. The van der Waals surface area contributed by atoms with E-state index in [2.05, 4.69) is 44.7 Å². The number of piperidine rings is 1. The van der Waals surface area contributed by atoms with Gasteiger partial charge in [-0.3, -0.25) is 9.69 Å². The van der Waals surface area contributed by atoms with E-state index in [4.69, 9.17) is 0 Å². The van der Waals surface area contributed by atoms with Gasteiger partial charge in [-0.05, 0) is 50.3 Å². The second kappa shape index (κ2) is 6.74. The molecule has 0 saturated carbocycles. The highest BCUT2D eigenvalue weighted by molar-refractivity contribution is 5.99. The number of Topliss-reactive ketones (excluding diaryl/α,β-unsaturated/α-hetero) is 1. The van der Waals surface area contributed by atoms with Crippen molar-refractivity contribution < 1.29 is 4.79 Å². The Morgan fingerprint density at radius 1 is 1.19 bits per heavy atom. The number of likely N-dealkylation sites (tertiary alicyclic amines) is 1. The van der Waals surface area contributed by atoms with Crippen LogP contribution in [0, 0.1) is 5.41 Å². The Bertz CT molecular complexity index is 469. The van der Waals surface area contributed by atoms with Crippen LogP contribution in [0.25, 0.3) is 0 Å². The van der Waals surface area contributed by atoms with Crippen LogP contribution in [-0.4, -0.2) is 29.8 Å². The van der Waals surface area contributed by atoms with Crippen molar-refractivity contribution in [2.75, 3.05) is 13.1 Å². The lowest BCUT2D eigenvalue weighted by molar-refractivity contribution is 0.0642. The van der Waals surface area contributed by atoms with Crippen molar-refractivity contribution >= 4 is 5.78 Å². The van der Waals surface area contributed by atoms with Gasteiger partial charge in [0.2, 0.25) is 0 Å². The Balaban J connectivity index is 1.99. The van der Waals surface area contributed by atoms with E-state index >= 15 is 0 Å². The lowest BCUT2D eigenvalue weighted by Crippen LogP contribution is -2.46. The van der Waals surface area contributed by atoms with Gasteiger partial charge >= 0.3 is 0 Å². The van der Waals surface area contributed by atoms with Gasteiger partial charge < -0.3 is 0 Å². The van der Waals surface area contributed by atoms with E-state index in [1.807, 2.05) is 12.1 Å². The molecule has 2 heteroatoms. The van der Waals surface area contributed by atoms with Crippen molar-refractivity contribution in [1.29, 1.82) is 0 Å². The second-order valence-corrected chi connectivity index (χ2v) is 6.79. The molecule has 1 heterocycles. The Morgan fingerprint density at radius 3 is 2.24 bits per heavy atom. The molecule has 21 heavy (non-hydrogen) atoms. The first-order valence-electron chi connectivity index (χ1n) is 8.36. The van der Waals surface area contributed by atoms with E-state index in [1.165, 1.54) is 24.8 Å². The molecule has 1 atom stereocenters. The molecule has 0 N–H and O–H groups in total. The van der Waals surface area contributed by atoms with Crippen molar-refractivity contribution in [2.24, 2.45) is 5.41 Å². The van der Waals surface area contributed by atoms with Gasteiger partial charge in [0, 0.05) is 5.56 Å². The summed E-state index contributed by atoms with van der Waals surface area (Å²) < 4.78 is 0. The maximum Gasteiger partial charge on any atom is 0.179 e. The molecular formula is C19H29NO. The van der Waals surface area contributed by atoms with Crippen LogP contribution in [0.4, 0.5) is 0 Å². The van der Waals surface area contributed by atoms with Gasteiger partial charge in [0.1, 0.15) is 0 Å². The average molecular weight is 287 g/mol. The lowest BCUT2D eigenvalue weighted by Gasteiger charge is -2.41. The molecule has 0 radical (unpaired) electrons. The average Bonchev–Trinajstić information content (AvgIpc) is 2.54. The van der Waals surface area contributed by atoms with E-state index in [9.17, 15) is 4.79 Å². The van der Waals surface area contributed by atoms with Crippen molar-refractivity contribution in [3.8, 4) is 0 Å². The highest BCUT2D eigenvalue weighted by atomic mass is 16.1. The predicted molar refractivity (Wildman–Crippen MR) is 88.8 cm³/mol. The normalized spacial score (nSPS) is 20.2. The van der Waals surface area contributed by atoms with Gasteiger partial charge in [0.15, 0.2) is 5.78 Å². The van der Waals surface area contributed by atoms with Crippen molar-refractivity contribution in [3.05, 3.63) is 35.4 Å². The first kappa shape index (κ1) is 16.2. The van der Waals surface area contributed by atoms with E-state index in [-0.39, 0.29) is 11.8 Å². The maximum atomic E-state index is 12.6. The number of hydrogen-bond acceptors (Lipinski definition) is 2. The fourth-order valence-corrected chi connectivity index (χ4v) is 3.12. The Labute approximate surface area is 129 Å². The molecule has 0 aliphatic carbocycles. The van der Waals surface area contributed by atoms with Crippen LogP contribution in [0.3, 0.4) is 0 Å². The molecular weight excluding hydrogens is 258 g/mol. The van der Waals surface area contributed by atoms with E-state index < -0.39 is 0 Å². The zero-order chi connectivity index (χ0) is 15.5. The van der Waals surface area contributed by atoms with Gasteiger partial charge in [-0.15, -0.1) is 0 Å². The van der Waals surface area contributed by atoms with E-state index in [1.54, 1.807) is 0 Å². The molecule has 1 fully saturated rings. The standard InChI is InChI=1S/C19H29NO/c1-5-16-7-9-17(10-8-16)18(21)15(3)20-13-11-19(4,6-2)12-14-20/h7-10,15H,5-6,11-14H2,1-4H3. The molecule has 1 unspecified atom stereocenters. The number of nitrogens with zero attached hydrogens (tertiary/aromatic N) is 1. The lowest BCUT2D eigenvalue weighted by atomic mass is 9.78. The minimum Gasteiger partial charge on any atom is -0.293 e. The summed E-state index contributed by atoms with van der Waals surface area (Å²) in [6.07, 6.45) is 4.67. The minimum atomic E-state index is -0.00103. The van der Waals surface area contributed by atoms with Gasteiger partial charge in [-0.1, -0.05) is 51.5 Å². The zero-order valence-corrected chi connectivity index (χ0v) is 14.0. The summed E-state index contributed by atoms with van der Waals surface area (Å²) in [7, 11) is 0. The SMILES string of the molecule is CCc1ccc(C(=O)C(C)N2CCC(C)(CC)CC2)cc1. The fourth-order valence-electron chi connectivity index (χ4n) is 3.12. The maximum absolute atomic E-state index is 12.6. The van der Waals surface area contributed by atoms with Crippen molar-refractivity contribution in [3.63, 3.8) is 0 Å². The number of carbonyl (C=O) groups excluding carboxylic acids is 1. The Hall–Kier alpha value is -1.15. The third-order valence-electron chi connectivity index (χ3n) is 5.43. The summed E-state index contributed by atoms with van der Waals surface area (Å²) in [5.74, 6) is 0.262. The van der Waals surface area contributed by atoms with Crippen LogP contribution < -0.4 is 0 Å². The molecule has 1 saturated heterocycles. The number of aryl methyl sites for hydroxylation is 1. The highest BCUT2D eigenvalue weighted by Gasteiger charge is 2.32.